The fourth-order valence-corrected chi connectivity index (χ4v) is 1.16. The van der Waals surface area contributed by atoms with Crippen molar-refractivity contribution in [3.63, 3.8) is 0 Å². The maximum absolute atomic E-state index is 13.4. The van der Waals surface area contributed by atoms with Crippen LogP contribution in [-0.2, 0) is 11.2 Å². The zero-order chi connectivity index (χ0) is 12.3. The summed E-state index contributed by atoms with van der Waals surface area (Å²) in [5.41, 5.74) is -0.116. The summed E-state index contributed by atoms with van der Waals surface area (Å²) < 4.78 is 52.4. The lowest BCUT2D eigenvalue weighted by molar-refractivity contribution is -0.275. The molecule has 0 aliphatic carbocycles. The molecule has 0 heterocycles. The monoisotopic (exact) mass is 236 g/mol. The van der Waals surface area contributed by atoms with E-state index in [-0.39, 0.29) is 17.8 Å². The molecule has 1 rings (SSSR count). The van der Waals surface area contributed by atoms with E-state index >= 15 is 0 Å². The Morgan fingerprint density at radius 2 is 2.00 bits per heavy atom. The Kier molecular flexibility index (Phi) is 3.51. The van der Waals surface area contributed by atoms with Crippen molar-refractivity contribution in [1.29, 1.82) is 0 Å². The summed E-state index contributed by atoms with van der Waals surface area (Å²) in [5.74, 6) is -2.43. The third kappa shape index (κ3) is 3.52. The van der Waals surface area contributed by atoms with Crippen molar-refractivity contribution in [1.82, 2.24) is 0 Å². The Hall–Kier alpha value is -1.59. The molecule has 0 N–H and O–H groups in total. The summed E-state index contributed by atoms with van der Waals surface area (Å²) in [6.07, 6.45) is -5.21. The largest absolute Gasteiger partial charge is 0.573 e. The highest BCUT2D eigenvalue weighted by Crippen LogP contribution is 2.27. The maximum atomic E-state index is 13.4. The summed E-state index contributed by atoms with van der Waals surface area (Å²) in [6.45, 7) is 1.22. The lowest BCUT2D eigenvalue weighted by Crippen LogP contribution is -2.18. The molecule has 0 aliphatic heterocycles. The van der Waals surface area contributed by atoms with Gasteiger partial charge in [0.15, 0.2) is 11.6 Å². The molecular formula is C10H8F4O2. The number of Topliss-reactive ketones (excluding diaryl/α,β-unsaturated/α-hetero) is 1. The van der Waals surface area contributed by atoms with E-state index in [4.69, 9.17) is 0 Å². The molecule has 0 bridgehead atoms. The second kappa shape index (κ2) is 4.51. The predicted molar refractivity (Wildman–Crippen MR) is 47.5 cm³/mol. The third-order valence-corrected chi connectivity index (χ3v) is 1.71. The molecule has 1 aromatic carbocycles. The van der Waals surface area contributed by atoms with Crippen molar-refractivity contribution in [2.75, 3.05) is 0 Å². The van der Waals surface area contributed by atoms with Crippen LogP contribution in [0, 0.1) is 5.82 Å². The molecule has 16 heavy (non-hydrogen) atoms. The van der Waals surface area contributed by atoms with Crippen molar-refractivity contribution in [3.8, 4) is 5.75 Å². The summed E-state index contributed by atoms with van der Waals surface area (Å²) in [4.78, 5) is 10.7. The molecule has 0 atom stereocenters. The predicted octanol–water partition coefficient (Wildman–Crippen LogP) is 2.86. The van der Waals surface area contributed by atoms with Crippen molar-refractivity contribution in [2.24, 2.45) is 0 Å². The Bertz CT molecular complexity index is 398. The van der Waals surface area contributed by atoms with Gasteiger partial charge in [-0.15, -0.1) is 13.2 Å². The Labute approximate surface area is 88.8 Å². The number of alkyl halides is 3. The van der Waals surface area contributed by atoms with Crippen LogP contribution in [0.1, 0.15) is 12.5 Å². The Morgan fingerprint density at radius 1 is 1.38 bits per heavy atom. The molecule has 0 aromatic heterocycles. The standard InChI is InChI=1S/C10H8F4O2/c1-6(15)5-7-3-2-4-8(9(7)11)16-10(12,13)14/h2-4H,5H2,1H3. The normalized spacial score (nSPS) is 11.3. The van der Waals surface area contributed by atoms with Crippen LogP contribution in [-0.4, -0.2) is 12.1 Å². The second-order valence-electron chi connectivity index (χ2n) is 3.16. The first-order valence-electron chi connectivity index (χ1n) is 4.32. The van der Waals surface area contributed by atoms with E-state index in [0.29, 0.717) is 0 Å². The van der Waals surface area contributed by atoms with Crippen LogP contribution in [0.4, 0.5) is 17.6 Å². The molecule has 0 saturated heterocycles. The lowest BCUT2D eigenvalue weighted by Gasteiger charge is -2.11. The number of benzene rings is 1. The van der Waals surface area contributed by atoms with Gasteiger partial charge < -0.3 is 4.74 Å². The molecule has 0 amide bonds. The van der Waals surface area contributed by atoms with Crippen LogP contribution in [0.2, 0.25) is 0 Å². The fourth-order valence-electron chi connectivity index (χ4n) is 1.16. The van der Waals surface area contributed by atoms with Crippen LogP contribution >= 0.6 is 0 Å². The van der Waals surface area contributed by atoms with Gasteiger partial charge in [0.05, 0.1) is 0 Å². The number of ether oxygens (including phenoxy) is 1. The van der Waals surface area contributed by atoms with E-state index in [1.54, 1.807) is 0 Å². The molecule has 0 fully saturated rings. The van der Waals surface area contributed by atoms with Gasteiger partial charge in [0, 0.05) is 6.42 Å². The number of ketones is 1. The highest BCUT2D eigenvalue weighted by molar-refractivity contribution is 5.78. The van der Waals surface area contributed by atoms with Crippen molar-refractivity contribution >= 4 is 5.78 Å². The van der Waals surface area contributed by atoms with Crippen LogP contribution in [0.3, 0.4) is 0 Å². The molecule has 0 saturated carbocycles. The first-order chi connectivity index (χ1) is 7.29. The van der Waals surface area contributed by atoms with Gasteiger partial charge in [0.2, 0.25) is 0 Å². The number of halogens is 4. The number of hydrogen-bond donors (Lipinski definition) is 0. The summed E-state index contributed by atoms with van der Waals surface area (Å²) >= 11 is 0. The van der Waals surface area contributed by atoms with Gasteiger partial charge in [-0.25, -0.2) is 4.39 Å². The van der Waals surface area contributed by atoms with E-state index in [0.717, 1.165) is 6.07 Å². The number of carbonyl (C=O) groups excluding carboxylic acids is 1. The Morgan fingerprint density at radius 3 is 2.50 bits per heavy atom. The van der Waals surface area contributed by atoms with Crippen LogP contribution in [0.15, 0.2) is 18.2 Å². The molecule has 0 spiro atoms. The van der Waals surface area contributed by atoms with E-state index < -0.39 is 17.9 Å². The van der Waals surface area contributed by atoms with Gasteiger partial charge in [-0.1, -0.05) is 12.1 Å². The summed E-state index contributed by atoms with van der Waals surface area (Å²) in [6, 6.07) is 3.29. The second-order valence-corrected chi connectivity index (χ2v) is 3.16. The van der Waals surface area contributed by atoms with Crippen LogP contribution in [0.25, 0.3) is 0 Å². The summed E-state index contributed by atoms with van der Waals surface area (Å²) in [7, 11) is 0. The highest BCUT2D eigenvalue weighted by atomic mass is 19.4. The van der Waals surface area contributed by atoms with Crippen LogP contribution < -0.4 is 4.74 Å². The van der Waals surface area contributed by atoms with Gasteiger partial charge in [-0.05, 0) is 18.6 Å². The molecule has 2 nitrogen and oxygen atoms in total. The minimum Gasteiger partial charge on any atom is -0.403 e. The first kappa shape index (κ1) is 12.5. The Balaban J connectivity index is 2.99. The minimum atomic E-state index is -4.95. The molecular weight excluding hydrogens is 228 g/mol. The molecule has 0 unspecified atom stereocenters. The number of hydrogen-bond acceptors (Lipinski definition) is 2. The molecule has 0 aliphatic rings. The number of rotatable bonds is 3. The van der Waals surface area contributed by atoms with Gasteiger partial charge in [0.1, 0.15) is 5.78 Å². The van der Waals surface area contributed by atoms with E-state index in [1.165, 1.54) is 19.1 Å². The molecule has 1 aromatic rings. The third-order valence-electron chi connectivity index (χ3n) is 1.71. The van der Waals surface area contributed by atoms with Gasteiger partial charge in [0.25, 0.3) is 0 Å². The van der Waals surface area contributed by atoms with Crippen LogP contribution in [0.5, 0.6) is 5.75 Å². The topological polar surface area (TPSA) is 26.3 Å². The van der Waals surface area contributed by atoms with E-state index in [9.17, 15) is 22.4 Å². The average molecular weight is 236 g/mol. The first-order valence-corrected chi connectivity index (χ1v) is 4.32. The SMILES string of the molecule is CC(=O)Cc1cccc(OC(F)(F)F)c1F. The maximum Gasteiger partial charge on any atom is 0.573 e. The smallest absolute Gasteiger partial charge is 0.403 e. The number of carbonyl (C=O) groups is 1. The van der Waals surface area contributed by atoms with Crippen molar-refractivity contribution in [3.05, 3.63) is 29.6 Å². The zero-order valence-electron chi connectivity index (χ0n) is 8.27. The minimum absolute atomic E-state index is 0.116. The zero-order valence-corrected chi connectivity index (χ0v) is 8.27. The van der Waals surface area contributed by atoms with Crippen molar-refractivity contribution in [2.45, 2.75) is 19.7 Å². The lowest BCUT2D eigenvalue weighted by atomic mass is 10.1. The highest BCUT2D eigenvalue weighted by Gasteiger charge is 2.32. The van der Waals surface area contributed by atoms with E-state index in [2.05, 4.69) is 4.74 Å². The molecule has 0 radical (unpaired) electrons. The quantitative estimate of drug-likeness (QED) is 0.754. The molecule has 88 valence electrons. The fraction of sp³-hybridized carbons (Fsp3) is 0.300. The van der Waals surface area contributed by atoms with E-state index in [1.807, 2.05) is 0 Å². The van der Waals surface area contributed by atoms with Gasteiger partial charge >= 0.3 is 6.36 Å². The van der Waals surface area contributed by atoms with Gasteiger partial charge in [-0.3, -0.25) is 4.79 Å². The summed E-state index contributed by atoms with van der Waals surface area (Å²) in [5, 5.41) is 0. The van der Waals surface area contributed by atoms with Crippen molar-refractivity contribution < 1.29 is 27.1 Å². The van der Waals surface area contributed by atoms with Gasteiger partial charge in [-0.2, -0.15) is 0 Å². The molecule has 6 heteroatoms. The average Bonchev–Trinajstić information content (AvgIpc) is 2.09.